The first-order valence-corrected chi connectivity index (χ1v) is 10.2. The van der Waals surface area contributed by atoms with Gasteiger partial charge in [0.25, 0.3) is 0 Å². The molecule has 1 aliphatic heterocycles. The summed E-state index contributed by atoms with van der Waals surface area (Å²) in [4.78, 5) is 14.1. The molecule has 10 heteroatoms. The van der Waals surface area contributed by atoms with E-state index in [0.717, 1.165) is 5.69 Å². The second-order valence-corrected chi connectivity index (χ2v) is 8.44. The van der Waals surface area contributed by atoms with Crippen molar-refractivity contribution in [1.29, 1.82) is 0 Å². The van der Waals surface area contributed by atoms with E-state index < -0.39 is 21.7 Å². The summed E-state index contributed by atoms with van der Waals surface area (Å²) in [5.41, 5.74) is 2.29. The Kier molecular flexibility index (Phi) is 11.2. The van der Waals surface area contributed by atoms with Crippen molar-refractivity contribution in [3.8, 4) is 0 Å². The number of rotatable bonds is 7. The molecule has 1 atom stereocenters. The molecule has 0 aliphatic carbocycles. The summed E-state index contributed by atoms with van der Waals surface area (Å²) in [7, 11) is -1.78. The molecule has 7 nitrogen and oxygen atoms in total. The van der Waals surface area contributed by atoms with Crippen LogP contribution in [-0.2, 0) is 14.8 Å². The van der Waals surface area contributed by atoms with Crippen LogP contribution in [0.1, 0.15) is 12.5 Å². The molecular weight excluding hydrogens is 411 g/mol. The van der Waals surface area contributed by atoms with E-state index in [-0.39, 0.29) is 30.9 Å². The molecule has 2 rings (SSSR count). The summed E-state index contributed by atoms with van der Waals surface area (Å²) in [5, 5.41) is 5.64. The second kappa shape index (κ2) is 11.7. The number of likely N-dealkylation sites (N-methyl/N-ethyl adjacent to an activating group) is 1. The Morgan fingerprint density at radius 2 is 1.81 bits per heavy atom. The van der Waals surface area contributed by atoms with Gasteiger partial charge in [-0.25, -0.2) is 8.42 Å². The number of sulfonamides is 1. The highest BCUT2D eigenvalue weighted by atomic mass is 35.5. The molecule has 1 aromatic carbocycles. The maximum Gasteiger partial charge on any atom is 0.236 e. The van der Waals surface area contributed by atoms with E-state index in [1.807, 2.05) is 32.0 Å². The number of benzene rings is 1. The monoisotopic (exact) mass is 440 g/mol. The minimum Gasteiger partial charge on any atom is -0.369 e. The molecule has 1 saturated heterocycles. The number of aryl methyl sites for hydroxylation is 1. The molecule has 0 spiro atoms. The van der Waals surface area contributed by atoms with Gasteiger partial charge < -0.3 is 15.5 Å². The van der Waals surface area contributed by atoms with Crippen molar-refractivity contribution < 1.29 is 13.2 Å². The average Bonchev–Trinajstić information content (AvgIpc) is 2.59. The highest BCUT2D eigenvalue weighted by Crippen LogP contribution is 2.19. The molecule has 0 radical (unpaired) electrons. The number of nitrogens with zero attached hydrogens (tertiary/aromatic N) is 2. The minimum absolute atomic E-state index is 0. The van der Waals surface area contributed by atoms with Crippen LogP contribution in [0.2, 0.25) is 0 Å². The van der Waals surface area contributed by atoms with E-state index in [1.54, 1.807) is 7.05 Å². The Morgan fingerprint density at radius 3 is 2.37 bits per heavy atom. The summed E-state index contributed by atoms with van der Waals surface area (Å²) in [6.07, 6.45) is 0. The van der Waals surface area contributed by atoms with Crippen molar-refractivity contribution in [3.05, 3.63) is 29.8 Å². The van der Waals surface area contributed by atoms with Crippen LogP contribution in [0.5, 0.6) is 0 Å². The van der Waals surface area contributed by atoms with Crippen LogP contribution in [0.15, 0.2) is 24.3 Å². The Bertz CT molecular complexity index is 695. The van der Waals surface area contributed by atoms with Crippen molar-refractivity contribution in [2.45, 2.75) is 19.9 Å². The molecule has 1 heterocycles. The molecule has 2 N–H and O–H groups in total. The van der Waals surface area contributed by atoms with Gasteiger partial charge in [-0.2, -0.15) is 4.31 Å². The van der Waals surface area contributed by atoms with E-state index in [0.29, 0.717) is 32.7 Å². The Morgan fingerprint density at radius 1 is 1.19 bits per heavy atom. The van der Waals surface area contributed by atoms with E-state index in [4.69, 9.17) is 0 Å². The third-order valence-electron chi connectivity index (χ3n) is 4.41. The number of halogens is 2. The Hall–Kier alpha value is -1.06. The Balaban J connectivity index is 0.00000338. The highest BCUT2D eigenvalue weighted by Gasteiger charge is 2.29. The smallest absolute Gasteiger partial charge is 0.236 e. The zero-order valence-corrected chi connectivity index (χ0v) is 18.4. The highest BCUT2D eigenvalue weighted by molar-refractivity contribution is 7.89. The van der Waals surface area contributed by atoms with Gasteiger partial charge in [0.15, 0.2) is 0 Å². The van der Waals surface area contributed by atoms with E-state index in [9.17, 15) is 13.2 Å². The van der Waals surface area contributed by atoms with Crippen LogP contribution in [0.25, 0.3) is 0 Å². The van der Waals surface area contributed by atoms with Crippen molar-refractivity contribution in [2.24, 2.45) is 0 Å². The average molecular weight is 441 g/mol. The van der Waals surface area contributed by atoms with Crippen LogP contribution in [-0.4, -0.2) is 70.2 Å². The first-order valence-electron chi connectivity index (χ1n) is 8.55. The number of carbonyl (C=O) groups excluding carboxylic acids is 1. The van der Waals surface area contributed by atoms with Gasteiger partial charge in [0.1, 0.15) is 5.75 Å². The fourth-order valence-corrected chi connectivity index (χ4v) is 4.06. The molecule has 27 heavy (non-hydrogen) atoms. The topological polar surface area (TPSA) is 81.7 Å². The lowest BCUT2D eigenvalue weighted by molar-refractivity contribution is -0.118. The van der Waals surface area contributed by atoms with Crippen molar-refractivity contribution in [2.75, 3.05) is 50.4 Å². The van der Waals surface area contributed by atoms with Gasteiger partial charge in [-0.15, -0.1) is 24.8 Å². The standard InChI is InChI=1S/C17H28N4O3S.2ClH/c1-14-5-4-6-16(11-14)20-7-9-21(10-8-20)25(23,24)13-17(22)19-12-15(2)18-3;;/h4-6,11,15,18H,7-10,12-13H2,1-3H3,(H,19,22);2*1H. The fraction of sp³-hybridized carbons (Fsp3) is 0.588. The predicted molar refractivity (Wildman–Crippen MR) is 115 cm³/mol. The summed E-state index contributed by atoms with van der Waals surface area (Å²) in [6.45, 7) is 6.41. The van der Waals surface area contributed by atoms with Crippen LogP contribution in [0.3, 0.4) is 0 Å². The van der Waals surface area contributed by atoms with E-state index >= 15 is 0 Å². The molecule has 0 aromatic heterocycles. The molecule has 0 bridgehead atoms. The number of carbonyl (C=O) groups is 1. The van der Waals surface area contributed by atoms with E-state index in [2.05, 4.69) is 21.6 Å². The Labute approximate surface area is 174 Å². The summed E-state index contributed by atoms with van der Waals surface area (Å²) >= 11 is 0. The van der Waals surface area contributed by atoms with Gasteiger partial charge in [0, 0.05) is 44.5 Å². The van der Waals surface area contributed by atoms with Gasteiger partial charge in [-0.05, 0) is 38.6 Å². The van der Waals surface area contributed by atoms with Gasteiger partial charge in [-0.1, -0.05) is 12.1 Å². The number of hydrogen-bond acceptors (Lipinski definition) is 5. The lowest BCUT2D eigenvalue weighted by Gasteiger charge is -2.35. The SMILES string of the molecule is CNC(C)CNC(=O)CS(=O)(=O)N1CCN(c2cccc(C)c2)CC1.Cl.Cl. The summed E-state index contributed by atoms with van der Waals surface area (Å²) in [5.74, 6) is -0.948. The summed E-state index contributed by atoms with van der Waals surface area (Å²) in [6, 6.07) is 8.28. The van der Waals surface area contributed by atoms with Gasteiger partial charge in [0.05, 0.1) is 0 Å². The summed E-state index contributed by atoms with van der Waals surface area (Å²) < 4.78 is 26.3. The van der Waals surface area contributed by atoms with Crippen LogP contribution < -0.4 is 15.5 Å². The zero-order chi connectivity index (χ0) is 18.4. The van der Waals surface area contributed by atoms with Gasteiger partial charge >= 0.3 is 0 Å². The molecular formula is C17H30Cl2N4O3S. The predicted octanol–water partition coefficient (Wildman–Crippen LogP) is 1.01. The molecule has 0 saturated carbocycles. The molecule has 1 aliphatic rings. The number of nitrogens with one attached hydrogen (secondary N) is 2. The van der Waals surface area contributed by atoms with Crippen LogP contribution in [0.4, 0.5) is 5.69 Å². The van der Waals surface area contributed by atoms with Crippen molar-refractivity contribution >= 4 is 46.4 Å². The normalized spacial score (nSPS) is 16.0. The van der Waals surface area contributed by atoms with Crippen LogP contribution in [0, 0.1) is 6.92 Å². The molecule has 156 valence electrons. The first-order chi connectivity index (χ1) is 11.8. The number of anilines is 1. The fourth-order valence-electron chi connectivity index (χ4n) is 2.73. The molecule has 1 unspecified atom stereocenters. The van der Waals surface area contributed by atoms with Gasteiger partial charge in [-0.3, -0.25) is 4.79 Å². The first kappa shape index (κ1) is 25.9. The third kappa shape index (κ3) is 7.83. The zero-order valence-electron chi connectivity index (χ0n) is 16.0. The van der Waals surface area contributed by atoms with Crippen LogP contribution >= 0.6 is 24.8 Å². The number of piperazine rings is 1. The third-order valence-corrected chi connectivity index (χ3v) is 6.19. The maximum absolute atomic E-state index is 12.4. The molecule has 1 aromatic rings. The lowest BCUT2D eigenvalue weighted by atomic mass is 10.2. The van der Waals surface area contributed by atoms with E-state index in [1.165, 1.54) is 9.87 Å². The molecule has 1 fully saturated rings. The maximum atomic E-state index is 12.4. The largest absolute Gasteiger partial charge is 0.369 e. The minimum atomic E-state index is -3.58. The second-order valence-electron chi connectivity index (χ2n) is 6.48. The number of hydrogen-bond donors (Lipinski definition) is 2. The number of amides is 1. The van der Waals surface area contributed by atoms with Crippen molar-refractivity contribution in [3.63, 3.8) is 0 Å². The molecule has 1 amide bonds. The van der Waals surface area contributed by atoms with Crippen molar-refractivity contribution in [1.82, 2.24) is 14.9 Å². The lowest BCUT2D eigenvalue weighted by Crippen LogP contribution is -2.51. The quantitative estimate of drug-likeness (QED) is 0.660. The van der Waals surface area contributed by atoms with Gasteiger partial charge in [0.2, 0.25) is 15.9 Å².